The summed E-state index contributed by atoms with van der Waals surface area (Å²) in [6.07, 6.45) is 1.75. The molecule has 2 rings (SSSR count). The van der Waals surface area contributed by atoms with Crippen molar-refractivity contribution in [2.24, 2.45) is 0 Å². The molecule has 0 saturated carbocycles. The lowest BCUT2D eigenvalue weighted by molar-refractivity contribution is 0.00578. The van der Waals surface area contributed by atoms with Crippen molar-refractivity contribution in [2.75, 3.05) is 0 Å². The Hall–Kier alpha value is -1.11. The van der Waals surface area contributed by atoms with Crippen molar-refractivity contribution >= 4 is 30.5 Å². The number of rotatable bonds is 3. The predicted molar refractivity (Wildman–Crippen MR) is 76.4 cm³/mol. The second-order valence-corrected chi connectivity index (χ2v) is 6.44. The first-order chi connectivity index (χ1) is 8.73. The Kier molecular flexibility index (Phi) is 3.60. The van der Waals surface area contributed by atoms with E-state index < -0.39 is 13.1 Å². The third-order valence-electron chi connectivity index (χ3n) is 3.60. The van der Waals surface area contributed by atoms with Crippen molar-refractivity contribution in [3.63, 3.8) is 0 Å². The van der Waals surface area contributed by atoms with Crippen LogP contribution in [0.5, 0.6) is 0 Å². The lowest BCUT2D eigenvalue weighted by Crippen LogP contribution is -2.41. The zero-order valence-corrected chi connectivity index (χ0v) is 12.3. The first-order valence-corrected chi connectivity index (χ1v) is 6.95. The van der Waals surface area contributed by atoms with Gasteiger partial charge in [0.2, 0.25) is 0 Å². The monoisotopic (exact) mass is 280 g/mol. The summed E-state index contributed by atoms with van der Waals surface area (Å²) in [6.45, 7) is 7.92. The molecule has 0 aliphatic carbocycles. The number of carboxylic acid groups (broad SMARTS) is 1. The largest absolute Gasteiger partial charge is 0.487 e. The van der Waals surface area contributed by atoms with E-state index in [4.69, 9.17) is 14.4 Å². The summed E-state index contributed by atoms with van der Waals surface area (Å²) in [6, 6.07) is 1.59. The van der Waals surface area contributed by atoms with E-state index in [-0.39, 0.29) is 11.2 Å². The van der Waals surface area contributed by atoms with Crippen LogP contribution in [0.4, 0.5) is 0 Å². The minimum absolute atomic E-state index is 0.303. The molecule has 0 aromatic carbocycles. The Balaban J connectivity index is 2.13. The fourth-order valence-corrected chi connectivity index (χ4v) is 2.55. The minimum atomic E-state index is -0.921. The average Bonchev–Trinajstić information content (AvgIpc) is 2.79. The van der Waals surface area contributed by atoms with Gasteiger partial charge in [0.1, 0.15) is 0 Å². The van der Waals surface area contributed by atoms with E-state index in [2.05, 4.69) is 0 Å². The molecule has 6 heteroatoms. The Morgan fingerprint density at radius 2 is 1.89 bits per heavy atom. The number of hydrogen-bond acceptors (Lipinski definition) is 4. The standard InChI is InChI=1S/C13H17BO4S/c1-12(2)13(3,4)18-14(17-12)7-5-10-9(11(15)16)6-8-19-10/h5-8H,1-4H3,(H,15,16)/b7-5+. The van der Waals surface area contributed by atoms with Gasteiger partial charge in [-0.25, -0.2) is 4.79 Å². The van der Waals surface area contributed by atoms with Gasteiger partial charge in [-0.3, -0.25) is 0 Å². The van der Waals surface area contributed by atoms with Crippen molar-refractivity contribution in [1.29, 1.82) is 0 Å². The van der Waals surface area contributed by atoms with Crippen LogP contribution in [-0.2, 0) is 9.31 Å². The van der Waals surface area contributed by atoms with Crippen molar-refractivity contribution in [2.45, 2.75) is 38.9 Å². The number of hydrogen-bond donors (Lipinski definition) is 1. The van der Waals surface area contributed by atoms with Crippen LogP contribution in [0.1, 0.15) is 42.9 Å². The van der Waals surface area contributed by atoms with Gasteiger partial charge in [0.15, 0.2) is 0 Å². The molecule has 0 spiro atoms. The number of carboxylic acids is 1. The van der Waals surface area contributed by atoms with E-state index in [9.17, 15) is 4.79 Å². The van der Waals surface area contributed by atoms with Crippen LogP contribution < -0.4 is 0 Å². The molecule has 1 saturated heterocycles. The highest BCUT2D eigenvalue weighted by molar-refractivity contribution is 7.11. The van der Waals surface area contributed by atoms with Crippen molar-refractivity contribution in [3.05, 3.63) is 27.9 Å². The van der Waals surface area contributed by atoms with Gasteiger partial charge < -0.3 is 14.4 Å². The van der Waals surface area contributed by atoms with Gasteiger partial charge in [-0.1, -0.05) is 12.1 Å². The second-order valence-electron chi connectivity index (χ2n) is 5.49. The molecule has 19 heavy (non-hydrogen) atoms. The lowest BCUT2D eigenvalue weighted by atomic mass is 9.90. The molecule has 1 fully saturated rings. The molecule has 1 aliphatic rings. The van der Waals surface area contributed by atoms with E-state index in [0.717, 1.165) is 0 Å². The zero-order chi connectivity index (χ0) is 14.3. The molecule has 4 nitrogen and oxygen atoms in total. The third kappa shape index (κ3) is 2.75. The summed E-state index contributed by atoms with van der Waals surface area (Å²) in [5, 5.41) is 10.8. The maximum Gasteiger partial charge on any atom is 0.487 e. The normalized spacial score (nSPS) is 21.2. The molecule has 0 unspecified atom stereocenters. The molecule has 102 valence electrons. The van der Waals surface area contributed by atoms with Crippen LogP contribution in [0.2, 0.25) is 0 Å². The highest BCUT2D eigenvalue weighted by Crippen LogP contribution is 2.37. The van der Waals surface area contributed by atoms with Gasteiger partial charge in [0.25, 0.3) is 0 Å². The fraction of sp³-hybridized carbons (Fsp3) is 0.462. The van der Waals surface area contributed by atoms with Crippen LogP contribution in [0, 0.1) is 0 Å². The molecular weight excluding hydrogens is 263 g/mol. The summed E-state index contributed by atoms with van der Waals surface area (Å²) in [5.41, 5.74) is -0.460. The molecule has 2 heterocycles. The summed E-state index contributed by atoms with van der Waals surface area (Å²) in [5.74, 6) is 0.837. The van der Waals surface area contributed by atoms with Gasteiger partial charge in [0, 0.05) is 4.88 Å². The maximum absolute atomic E-state index is 11.0. The molecule has 1 aromatic rings. The molecular formula is C13H17BO4S. The Bertz CT molecular complexity index is 502. The number of thiophene rings is 1. The topological polar surface area (TPSA) is 55.8 Å². The van der Waals surface area contributed by atoms with Crippen LogP contribution in [0.15, 0.2) is 17.4 Å². The maximum atomic E-state index is 11.0. The van der Waals surface area contributed by atoms with Gasteiger partial charge in [0.05, 0.1) is 16.8 Å². The van der Waals surface area contributed by atoms with Crippen LogP contribution >= 0.6 is 11.3 Å². The fourth-order valence-electron chi connectivity index (χ4n) is 1.76. The van der Waals surface area contributed by atoms with E-state index in [0.29, 0.717) is 10.4 Å². The lowest BCUT2D eigenvalue weighted by Gasteiger charge is -2.32. The quantitative estimate of drug-likeness (QED) is 0.864. The SMILES string of the molecule is CC1(C)OB(/C=C/c2sccc2C(=O)O)OC1(C)C. The number of carbonyl (C=O) groups is 1. The smallest absolute Gasteiger partial charge is 0.478 e. The van der Waals surface area contributed by atoms with Crippen molar-refractivity contribution in [3.8, 4) is 0 Å². The highest BCUT2D eigenvalue weighted by Gasteiger charge is 2.50. The van der Waals surface area contributed by atoms with Crippen LogP contribution in [0.25, 0.3) is 6.08 Å². The molecule has 1 N–H and O–H groups in total. The second kappa shape index (κ2) is 4.78. The Labute approximate surface area is 117 Å². The van der Waals surface area contributed by atoms with Gasteiger partial charge in [-0.15, -0.1) is 11.3 Å². The minimum Gasteiger partial charge on any atom is -0.478 e. The van der Waals surface area contributed by atoms with Gasteiger partial charge in [-0.05, 0) is 39.1 Å². The molecule has 0 amide bonds. The predicted octanol–water partition coefficient (Wildman–Crippen LogP) is 3.09. The van der Waals surface area contributed by atoms with Crippen molar-refractivity contribution in [1.82, 2.24) is 0 Å². The summed E-state index contributed by atoms with van der Waals surface area (Å²) < 4.78 is 11.6. The first kappa shape index (κ1) is 14.3. The summed E-state index contributed by atoms with van der Waals surface area (Å²) in [4.78, 5) is 11.7. The molecule has 1 aromatic heterocycles. The summed E-state index contributed by atoms with van der Waals surface area (Å²) in [7, 11) is -0.450. The van der Waals surface area contributed by atoms with E-state index in [1.165, 1.54) is 11.3 Å². The van der Waals surface area contributed by atoms with E-state index >= 15 is 0 Å². The first-order valence-electron chi connectivity index (χ1n) is 6.07. The Morgan fingerprint density at radius 1 is 1.32 bits per heavy atom. The summed E-state index contributed by atoms with van der Waals surface area (Å²) >= 11 is 1.38. The van der Waals surface area contributed by atoms with E-state index in [1.54, 1.807) is 23.5 Å². The Morgan fingerprint density at radius 3 is 2.42 bits per heavy atom. The molecule has 0 bridgehead atoms. The highest BCUT2D eigenvalue weighted by atomic mass is 32.1. The van der Waals surface area contributed by atoms with Gasteiger partial charge >= 0.3 is 13.1 Å². The van der Waals surface area contributed by atoms with Crippen LogP contribution in [0.3, 0.4) is 0 Å². The zero-order valence-electron chi connectivity index (χ0n) is 11.5. The van der Waals surface area contributed by atoms with E-state index in [1.807, 2.05) is 27.7 Å². The third-order valence-corrected chi connectivity index (χ3v) is 4.48. The molecule has 1 aliphatic heterocycles. The molecule has 0 radical (unpaired) electrons. The van der Waals surface area contributed by atoms with Crippen molar-refractivity contribution < 1.29 is 19.2 Å². The van der Waals surface area contributed by atoms with Gasteiger partial charge in [-0.2, -0.15) is 0 Å². The molecule has 0 atom stereocenters. The number of aromatic carboxylic acids is 1. The van der Waals surface area contributed by atoms with Crippen LogP contribution in [-0.4, -0.2) is 29.4 Å². The average molecular weight is 280 g/mol.